The molecule has 2 aromatic heterocycles. The third-order valence-electron chi connectivity index (χ3n) is 8.27. The number of benzene rings is 3. The average Bonchev–Trinajstić information content (AvgIpc) is 3.60. The lowest BCUT2D eigenvalue weighted by Crippen LogP contribution is -2.41. The van der Waals surface area contributed by atoms with Crippen molar-refractivity contribution < 1.29 is 14.3 Å². The molecule has 2 amide bonds. The van der Waals surface area contributed by atoms with Crippen LogP contribution in [-0.4, -0.2) is 48.3 Å². The van der Waals surface area contributed by atoms with Crippen molar-refractivity contribution in [1.82, 2.24) is 29.1 Å². The van der Waals surface area contributed by atoms with Gasteiger partial charge in [0, 0.05) is 35.5 Å². The van der Waals surface area contributed by atoms with E-state index in [-0.39, 0.29) is 36.5 Å². The van der Waals surface area contributed by atoms with Crippen LogP contribution in [0.5, 0.6) is 5.75 Å². The summed E-state index contributed by atoms with van der Waals surface area (Å²) in [5, 5.41) is 7.91. The number of hydrogen-bond acceptors (Lipinski definition) is 5. The minimum Gasteiger partial charge on any atom is -0.490 e. The summed E-state index contributed by atoms with van der Waals surface area (Å²) < 4.78 is 11.4. The average molecular weight is 702 g/mol. The van der Waals surface area contributed by atoms with Crippen LogP contribution in [0.4, 0.5) is 0 Å². The molecule has 10 nitrogen and oxygen atoms in total. The molecule has 5 aromatic rings. The fourth-order valence-electron chi connectivity index (χ4n) is 5.79. The molecule has 234 valence electrons. The van der Waals surface area contributed by atoms with Crippen molar-refractivity contribution in [3.05, 3.63) is 128 Å². The third kappa shape index (κ3) is 5.76. The smallest absolute Gasteiger partial charge is 0.333 e. The van der Waals surface area contributed by atoms with Gasteiger partial charge < -0.3 is 15.0 Å². The van der Waals surface area contributed by atoms with Gasteiger partial charge in [-0.3, -0.25) is 18.7 Å². The molecule has 3 aromatic carbocycles. The largest absolute Gasteiger partial charge is 0.490 e. The molecule has 0 unspecified atom stereocenters. The highest BCUT2D eigenvalue weighted by Gasteiger charge is 2.33. The predicted molar refractivity (Wildman–Crippen MR) is 177 cm³/mol. The Hall–Kier alpha value is -4.61. The van der Waals surface area contributed by atoms with Gasteiger partial charge in [-0.25, -0.2) is 9.48 Å². The van der Waals surface area contributed by atoms with Crippen LogP contribution in [0.25, 0.3) is 11.4 Å². The number of imidazole rings is 1. The molecule has 1 saturated carbocycles. The Morgan fingerprint density at radius 1 is 1.04 bits per heavy atom. The van der Waals surface area contributed by atoms with Crippen molar-refractivity contribution >= 4 is 39.3 Å². The highest BCUT2D eigenvalue weighted by atomic mass is 79.9. The fourth-order valence-corrected chi connectivity index (χ4v) is 6.21. The fraction of sp³-hybridized carbons (Fsp3) is 0.235. The molecule has 7 rings (SSSR count). The number of fused-ring (bicyclic) bond motifs is 1. The lowest BCUT2D eigenvalue weighted by atomic mass is 10.1. The number of amides is 2. The molecule has 1 fully saturated rings. The van der Waals surface area contributed by atoms with E-state index in [1.165, 1.54) is 4.57 Å². The summed E-state index contributed by atoms with van der Waals surface area (Å²) in [6.07, 6.45) is 5.83. The first-order chi connectivity index (χ1) is 22.3. The van der Waals surface area contributed by atoms with Gasteiger partial charge >= 0.3 is 5.69 Å². The highest BCUT2D eigenvalue weighted by molar-refractivity contribution is 9.10. The van der Waals surface area contributed by atoms with Crippen LogP contribution in [-0.2, 0) is 13.1 Å². The SMILES string of the molecule is C[C@@H](NC(=O)c1c2n(c(=O)n1-c1ccc(OC3CC3)cc1)CCN(C(=O)c1ccc(Br)c(Cl)c1)C2)c1ccccc1-n1cccn1. The first-order valence-corrected chi connectivity index (χ1v) is 16.2. The first kappa shape index (κ1) is 30.1. The number of ether oxygens (including phenoxy) is 1. The summed E-state index contributed by atoms with van der Waals surface area (Å²) in [7, 11) is 0. The van der Waals surface area contributed by atoms with E-state index >= 15 is 0 Å². The van der Waals surface area contributed by atoms with Crippen molar-refractivity contribution in [2.24, 2.45) is 0 Å². The number of nitrogens with one attached hydrogen (secondary N) is 1. The maximum absolute atomic E-state index is 14.3. The van der Waals surface area contributed by atoms with Crippen LogP contribution in [0.3, 0.4) is 0 Å². The highest BCUT2D eigenvalue weighted by Crippen LogP contribution is 2.29. The zero-order valence-electron chi connectivity index (χ0n) is 24.9. The molecule has 0 bridgehead atoms. The maximum atomic E-state index is 14.3. The van der Waals surface area contributed by atoms with Gasteiger partial charge in [0.15, 0.2) is 0 Å². The van der Waals surface area contributed by atoms with Gasteiger partial charge in [-0.2, -0.15) is 5.10 Å². The lowest BCUT2D eigenvalue weighted by molar-refractivity contribution is 0.0706. The second-order valence-corrected chi connectivity index (χ2v) is 12.7. The molecule has 1 N–H and O–H groups in total. The number of para-hydroxylation sites is 1. The number of carbonyl (C=O) groups is 2. The summed E-state index contributed by atoms with van der Waals surface area (Å²) in [6.45, 7) is 2.49. The van der Waals surface area contributed by atoms with Crippen LogP contribution >= 0.6 is 27.5 Å². The summed E-state index contributed by atoms with van der Waals surface area (Å²) in [5.41, 5.74) is 2.91. The topological polar surface area (TPSA) is 103 Å². The molecule has 0 spiro atoms. The standard InChI is InChI=1S/C34H30BrClN6O4/c1-21(26-5-2-3-6-29(26)41-16-4-15-37-41)38-32(43)31-30-20-39(33(44)22-7-14-27(35)28(36)19-22)17-18-40(30)34(45)42(31)23-8-10-24(11-9-23)46-25-12-13-25/h2-11,14-16,19,21,25H,12-13,17-18,20H2,1H3,(H,38,43)/t21-/m1/s1. The molecular weight excluding hydrogens is 672 g/mol. The summed E-state index contributed by atoms with van der Waals surface area (Å²) in [5.74, 6) is 0.0336. The zero-order valence-corrected chi connectivity index (χ0v) is 27.2. The van der Waals surface area contributed by atoms with E-state index in [1.807, 2.05) is 55.6 Å². The molecule has 12 heteroatoms. The van der Waals surface area contributed by atoms with Gasteiger partial charge in [-0.15, -0.1) is 0 Å². The Balaban J connectivity index is 1.26. The van der Waals surface area contributed by atoms with Crippen molar-refractivity contribution in [2.45, 2.75) is 45.0 Å². The van der Waals surface area contributed by atoms with Gasteiger partial charge in [0.2, 0.25) is 0 Å². The Labute approximate surface area is 278 Å². The Bertz CT molecular complexity index is 2000. The molecule has 1 aliphatic carbocycles. The first-order valence-electron chi connectivity index (χ1n) is 15.0. The minimum atomic E-state index is -0.437. The van der Waals surface area contributed by atoms with E-state index in [1.54, 1.807) is 50.7 Å². The monoisotopic (exact) mass is 700 g/mol. The van der Waals surface area contributed by atoms with E-state index < -0.39 is 11.9 Å². The molecule has 0 saturated heterocycles. The van der Waals surface area contributed by atoms with Gasteiger partial charge in [0.1, 0.15) is 11.4 Å². The van der Waals surface area contributed by atoms with Crippen molar-refractivity contribution in [2.75, 3.05) is 6.54 Å². The number of carbonyl (C=O) groups excluding carboxylic acids is 2. The number of halogens is 2. The summed E-state index contributed by atoms with van der Waals surface area (Å²) in [4.78, 5) is 43.5. The number of hydrogen-bond donors (Lipinski definition) is 1. The predicted octanol–water partition coefficient (Wildman–Crippen LogP) is 5.93. The van der Waals surface area contributed by atoms with Gasteiger partial charge in [0.25, 0.3) is 11.8 Å². The van der Waals surface area contributed by atoms with E-state index in [2.05, 4.69) is 26.3 Å². The summed E-state index contributed by atoms with van der Waals surface area (Å²) in [6, 6.07) is 21.3. The minimum absolute atomic E-state index is 0.0681. The Morgan fingerprint density at radius 3 is 2.54 bits per heavy atom. The molecular formula is C34H30BrClN6O4. The van der Waals surface area contributed by atoms with Crippen LogP contribution in [0.15, 0.2) is 94.5 Å². The third-order valence-corrected chi connectivity index (χ3v) is 9.50. The number of rotatable bonds is 8. The lowest BCUT2D eigenvalue weighted by Gasteiger charge is -2.28. The summed E-state index contributed by atoms with van der Waals surface area (Å²) >= 11 is 9.66. The quantitative estimate of drug-likeness (QED) is 0.216. The molecule has 2 aliphatic rings. The zero-order chi connectivity index (χ0) is 31.9. The molecule has 3 heterocycles. The normalized spacial score (nSPS) is 14.9. The van der Waals surface area contributed by atoms with Crippen molar-refractivity contribution in [3.8, 4) is 17.1 Å². The van der Waals surface area contributed by atoms with Crippen LogP contribution in [0.1, 0.15) is 57.9 Å². The van der Waals surface area contributed by atoms with Crippen molar-refractivity contribution in [3.63, 3.8) is 0 Å². The van der Waals surface area contributed by atoms with E-state index in [9.17, 15) is 14.4 Å². The molecule has 46 heavy (non-hydrogen) atoms. The number of nitrogens with zero attached hydrogens (tertiary/aromatic N) is 5. The van der Waals surface area contributed by atoms with Crippen LogP contribution in [0, 0.1) is 0 Å². The Morgan fingerprint density at radius 2 is 1.83 bits per heavy atom. The van der Waals surface area contributed by atoms with E-state index in [0.717, 1.165) is 24.1 Å². The number of aromatic nitrogens is 4. The van der Waals surface area contributed by atoms with Crippen LogP contribution < -0.4 is 15.7 Å². The Kier molecular flexibility index (Phi) is 8.04. The van der Waals surface area contributed by atoms with Gasteiger partial charge in [-0.05, 0) is 95.9 Å². The van der Waals surface area contributed by atoms with Gasteiger partial charge in [0.05, 0.1) is 40.8 Å². The van der Waals surface area contributed by atoms with Crippen molar-refractivity contribution in [1.29, 1.82) is 0 Å². The van der Waals surface area contributed by atoms with E-state index in [4.69, 9.17) is 16.3 Å². The molecule has 1 aliphatic heterocycles. The molecule has 1 atom stereocenters. The second-order valence-electron chi connectivity index (χ2n) is 11.4. The van der Waals surface area contributed by atoms with Crippen LogP contribution in [0.2, 0.25) is 5.02 Å². The van der Waals surface area contributed by atoms with E-state index in [0.29, 0.717) is 38.7 Å². The second kappa shape index (κ2) is 12.3. The molecule has 0 radical (unpaired) electrons. The maximum Gasteiger partial charge on any atom is 0.333 e. The van der Waals surface area contributed by atoms with Gasteiger partial charge in [-0.1, -0.05) is 29.8 Å².